The number of carbonyl (C=O) groups is 2. The molecular formula is C15H20N4O2. The fourth-order valence-corrected chi connectivity index (χ4v) is 2.28. The predicted octanol–water partition coefficient (Wildman–Crippen LogP) is 1.48. The minimum atomic E-state index is -0.511. The Morgan fingerprint density at radius 1 is 1.33 bits per heavy atom. The summed E-state index contributed by atoms with van der Waals surface area (Å²) in [6.07, 6.45) is 3.41. The van der Waals surface area contributed by atoms with E-state index in [-0.39, 0.29) is 12.5 Å². The van der Waals surface area contributed by atoms with Crippen LogP contribution in [-0.4, -0.2) is 34.8 Å². The van der Waals surface area contributed by atoms with Gasteiger partial charge in [0.25, 0.3) is 5.91 Å². The van der Waals surface area contributed by atoms with Gasteiger partial charge in [-0.25, -0.2) is 0 Å². The molecule has 112 valence electrons. The molecule has 1 aromatic heterocycles. The highest BCUT2D eigenvalue weighted by Crippen LogP contribution is 2.22. The molecule has 6 heteroatoms. The molecule has 0 saturated heterocycles. The highest BCUT2D eigenvalue weighted by atomic mass is 16.2. The van der Waals surface area contributed by atoms with E-state index in [4.69, 9.17) is 11.5 Å². The summed E-state index contributed by atoms with van der Waals surface area (Å²) in [6.45, 7) is 2.47. The average Bonchev–Trinajstić information content (AvgIpc) is 2.85. The molecule has 0 atom stereocenters. The largest absolute Gasteiger partial charge is 0.399 e. The smallest absolute Gasteiger partial charge is 0.256 e. The zero-order valence-electron chi connectivity index (χ0n) is 12.1. The standard InChI is InChI=1S/C15H20N4O2/c1-2-3-6-19(9-14(17)20)15(21)12-8-18-13-7-10(16)4-5-11(12)13/h4-5,7-8,18H,2-3,6,9,16H2,1H3,(H2,17,20). The second kappa shape index (κ2) is 6.30. The third-order valence-corrected chi connectivity index (χ3v) is 3.35. The van der Waals surface area contributed by atoms with Crippen molar-refractivity contribution in [1.82, 2.24) is 9.88 Å². The van der Waals surface area contributed by atoms with Crippen molar-refractivity contribution >= 4 is 28.4 Å². The van der Waals surface area contributed by atoms with Crippen molar-refractivity contribution in [2.45, 2.75) is 19.8 Å². The Kier molecular flexibility index (Phi) is 4.47. The van der Waals surface area contributed by atoms with Crippen LogP contribution in [0.2, 0.25) is 0 Å². The van der Waals surface area contributed by atoms with Crippen molar-refractivity contribution in [2.24, 2.45) is 5.73 Å². The van der Waals surface area contributed by atoms with Crippen molar-refractivity contribution in [3.8, 4) is 0 Å². The first-order valence-electron chi connectivity index (χ1n) is 6.97. The number of nitrogens with zero attached hydrogens (tertiary/aromatic N) is 1. The summed E-state index contributed by atoms with van der Waals surface area (Å²) < 4.78 is 0. The first-order valence-corrected chi connectivity index (χ1v) is 6.97. The Hall–Kier alpha value is -2.50. The zero-order valence-corrected chi connectivity index (χ0v) is 12.1. The number of aromatic nitrogens is 1. The van der Waals surface area contributed by atoms with E-state index in [1.54, 1.807) is 24.4 Å². The van der Waals surface area contributed by atoms with Crippen LogP contribution >= 0.6 is 0 Å². The summed E-state index contributed by atoms with van der Waals surface area (Å²) in [5.74, 6) is -0.707. The number of hydrogen-bond donors (Lipinski definition) is 3. The van der Waals surface area contributed by atoms with Gasteiger partial charge in [0, 0.05) is 29.3 Å². The number of nitrogens with two attached hydrogens (primary N) is 2. The second-order valence-electron chi connectivity index (χ2n) is 5.05. The summed E-state index contributed by atoms with van der Waals surface area (Å²) >= 11 is 0. The van der Waals surface area contributed by atoms with E-state index >= 15 is 0 Å². The van der Waals surface area contributed by atoms with Gasteiger partial charge in [-0.15, -0.1) is 0 Å². The van der Waals surface area contributed by atoms with Crippen LogP contribution in [0.5, 0.6) is 0 Å². The van der Waals surface area contributed by atoms with Crippen LogP contribution in [0, 0.1) is 0 Å². The minimum absolute atomic E-state index is 0.0690. The number of unbranched alkanes of at least 4 members (excludes halogenated alkanes) is 1. The quantitative estimate of drug-likeness (QED) is 0.701. The molecule has 0 radical (unpaired) electrons. The fourth-order valence-electron chi connectivity index (χ4n) is 2.28. The molecular weight excluding hydrogens is 268 g/mol. The van der Waals surface area contributed by atoms with E-state index in [1.165, 1.54) is 4.90 Å². The average molecular weight is 288 g/mol. The lowest BCUT2D eigenvalue weighted by Gasteiger charge is -2.20. The van der Waals surface area contributed by atoms with Gasteiger partial charge in [0.15, 0.2) is 0 Å². The van der Waals surface area contributed by atoms with Crippen LogP contribution in [0.15, 0.2) is 24.4 Å². The number of fused-ring (bicyclic) bond motifs is 1. The number of nitrogens with one attached hydrogen (secondary N) is 1. The van der Waals surface area contributed by atoms with Crippen LogP contribution in [0.1, 0.15) is 30.1 Å². The van der Waals surface area contributed by atoms with E-state index in [9.17, 15) is 9.59 Å². The summed E-state index contributed by atoms with van der Waals surface area (Å²) in [5, 5.41) is 0.792. The summed E-state index contributed by atoms with van der Waals surface area (Å²) in [6, 6.07) is 5.32. The topological polar surface area (TPSA) is 105 Å². The summed E-state index contributed by atoms with van der Waals surface area (Å²) in [7, 11) is 0. The molecule has 0 aliphatic carbocycles. The van der Waals surface area contributed by atoms with Gasteiger partial charge in [-0.05, 0) is 24.6 Å². The Morgan fingerprint density at radius 2 is 2.10 bits per heavy atom. The highest BCUT2D eigenvalue weighted by Gasteiger charge is 2.20. The molecule has 0 spiro atoms. The minimum Gasteiger partial charge on any atom is -0.399 e. The number of nitrogen functional groups attached to an aromatic ring is 1. The molecule has 0 saturated carbocycles. The number of amides is 2. The van der Waals surface area contributed by atoms with E-state index < -0.39 is 5.91 Å². The predicted molar refractivity (Wildman–Crippen MR) is 82.7 cm³/mol. The lowest BCUT2D eigenvalue weighted by Crippen LogP contribution is -2.39. The number of primary amides is 1. The first kappa shape index (κ1) is 14.9. The normalized spacial score (nSPS) is 10.7. The molecule has 1 aromatic carbocycles. The lowest BCUT2D eigenvalue weighted by molar-refractivity contribution is -0.118. The van der Waals surface area contributed by atoms with Crippen LogP contribution in [0.3, 0.4) is 0 Å². The Balaban J connectivity index is 2.31. The highest BCUT2D eigenvalue weighted by molar-refractivity contribution is 6.07. The lowest BCUT2D eigenvalue weighted by atomic mass is 10.1. The molecule has 2 amide bonds. The molecule has 2 aromatic rings. The van der Waals surface area contributed by atoms with Gasteiger partial charge in [0.1, 0.15) is 0 Å². The number of carbonyl (C=O) groups excluding carboxylic acids is 2. The molecule has 0 aliphatic heterocycles. The van der Waals surface area contributed by atoms with Gasteiger partial charge < -0.3 is 21.4 Å². The van der Waals surface area contributed by atoms with Gasteiger partial charge in [0.05, 0.1) is 12.1 Å². The van der Waals surface area contributed by atoms with E-state index in [2.05, 4.69) is 4.98 Å². The van der Waals surface area contributed by atoms with Gasteiger partial charge in [-0.3, -0.25) is 9.59 Å². The third-order valence-electron chi connectivity index (χ3n) is 3.35. The Morgan fingerprint density at radius 3 is 2.76 bits per heavy atom. The van der Waals surface area contributed by atoms with E-state index in [0.29, 0.717) is 17.8 Å². The number of anilines is 1. The van der Waals surface area contributed by atoms with Crippen LogP contribution in [-0.2, 0) is 4.79 Å². The first-order chi connectivity index (χ1) is 10.0. The van der Waals surface area contributed by atoms with Crippen LogP contribution < -0.4 is 11.5 Å². The molecule has 5 N–H and O–H groups in total. The number of H-pyrrole nitrogens is 1. The number of hydrogen-bond acceptors (Lipinski definition) is 3. The number of benzene rings is 1. The summed E-state index contributed by atoms with van der Waals surface area (Å²) in [5.41, 5.74) is 12.9. The van der Waals surface area contributed by atoms with E-state index in [1.807, 2.05) is 6.92 Å². The molecule has 2 rings (SSSR count). The van der Waals surface area contributed by atoms with E-state index in [0.717, 1.165) is 23.7 Å². The van der Waals surface area contributed by atoms with Crippen LogP contribution in [0.4, 0.5) is 5.69 Å². The SMILES string of the molecule is CCCCN(CC(N)=O)C(=O)c1c[nH]c2cc(N)ccc12. The van der Waals surface area contributed by atoms with Gasteiger partial charge in [0.2, 0.25) is 5.91 Å². The number of aromatic amines is 1. The summed E-state index contributed by atoms with van der Waals surface area (Å²) in [4.78, 5) is 28.3. The molecule has 21 heavy (non-hydrogen) atoms. The third kappa shape index (κ3) is 3.34. The molecule has 0 aliphatic rings. The molecule has 1 heterocycles. The van der Waals surface area contributed by atoms with Gasteiger partial charge in [-0.2, -0.15) is 0 Å². The van der Waals surface area contributed by atoms with Crippen molar-refractivity contribution in [2.75, 3.05) is 18.8 Å². The Labute approximate surface area is 123 Å². The Bertz CT molecular complexity index is 663. The molecule has 0 unspecified atom stereocenters. The van der Waals surface area contributed by atoms with Gasteiger partial charge >= 0.3 is 0 Å². The maximum Gasteiger partial charge on any atom is 0.256 e. The second-order valence-corrected chi connectivity index (χ2v) is 5.05. The van der Waals surface area contributed by atoms with Crippen molar-refractivity contribution in [3.05, 3.63) is 30.0 Å². The number of rotatable bonds is 6. The zero-order chi connectivity index (χ0) is 15.4. The van der Waals surface area contributed by atoms with Crippen molar-refractivity contribution in [1.29, 1.82) is 0 Å². The molecule has 0 fully saturated rings. The monoisotopic (exact) mass is 288 g/mol. The van der Waals surface area contributed by atoms with Crippen molar-refractivity contribution < 1.29 is 9.59 Å². The molecule has 6 nitrogen and oxygen atoms in total. The van der Waals surface area contributed by atoms with Crippen LogP contribution in [0.25, 0.3) is 10.9 Å². The maximum absolute atomic E-state index is 12.6. The maximum atomic E-state index is 12.6. The van der Waals surface area contributed by atoms with Gasteiger partial charge in [-0.1, -0.05) is 13.3 Å². The molecule has 0 bridgehead atoms. The van der Waals surface area contributed by atoms with Crippen molar-refractivity contribution in [3.63, 3.8) is 0 Å². The fraction of sp³-hybridized carbons (Fsp3) is 0.333.